The lowest BCUT2D eigenvalue weighted by Crippen LogP contribution is -2.52. The number of aliphatic hydroxyl groups excluding tert-OH is 1. The number of nitrogens with one attached hydrogen (secondary N) is 1. The second kappa shape index (κ2) is 10.1. The Balaban J connectivity index is 1.45. The van der Waals surface area contributed by atoms with Gasteiger partial charge in [-0.15, -0.1) is 0 Å². The van der Waals surface area contributed by atoms with E-state index in [1.807, 2.05) is 29.8 Å². The number of carbonyl (C=O) groups excluding carboxylic acids is 1. The first kappa shape index (κ1) is 23.6. The molecule has 2 atom stereocenters. The van der Waals surface area contributed by atoms with Gasteiger partial charge < -0.3 is 19.7 Å². The Hall–Kier alpha value is -2.58. The lowest BCUT2D eigenvalue weighted by molar-refractivity contribution is 0.0459. The summed E-state index contributed by atoms with van der Waals surface area (Å²) in [6.45, 7) is 3.54. The topological polar surface area (TPSA) is 79.6 Å². The summed E-state index contributed by atoms with van der Waals surface area (Å²) in [7, 11) is 1.57. The van der Waals surface area contributed by atoms with E-state index < -0.39 is 6.10 Å². The average molecular weight is 489 g/mol. The molecular formula is C24H26Cl2N4O3. The van der Waals surface area contributed by atoms with E-state index in [0.717, 1.165) is 16.9 Å². The molecule has 0 spiro atoms. The monoisotopic (exact) mass is 488 g/mol. The highest BCUT2D eigenvalue weighted by molar-refractivity contribution is 6.33. The number of rotatable bonds is 6. The Morgan fingerprint density at radius 3 is 2.79 bits per heavy atom. The number of β-amino-alcohol motifs (C(OH)–C–C–N with tert-alkyl or cyclic N) is 1. The second-order valence-electron chi connectivity index (χ2n) is 8.30. The SMILES string of the molecule is COc1cc(C(=O)NC2CC(O)CN(Cc3cc(Cl)ccc3Cl)C2)ccc1-n1cnc(C)c1. The molecule has 1 aliphatic heterocycles. The molecule has 0 aliphatic carbocycles. The maximum Gasteiger partial charge on any atom is 0.251 e. The number of imidazole rings is 1. The number of amides is 1. The van der Waals surface area contributed by atoms with Crippen molar-refractivity contribution in [3.8, 4) is 11.4 Å². The summed E-state index contributed by atoms with van der Waals surface area (Å²) in [5.74, 6) is 0.349. The van der Waals surface area contributed by atoms with E-state index in [9.17, 15) is 9.90 Å². The number of aliphatic hydroxyl groups is 1. The van der Waals surface area contributed by atoms with Gasteiger partial charge in [0.25, 0.3) is 5.91 Å². The van der Waals surface area contributed by atoms with Crippen LogP contribution in [0.2, 0.25) is 10.0 Å². The van der Waals surface area contributed by atoms with Gasteiger partial charge in [0, 0.05) is 47.5 Å². The average Bonchev–Trinajstić information content (AvgIpc) is 3.21. The van der Waals surface area contributed by atoms with Crippen molar-refractivity contribution in [3.63, 3.8) is 0 Å². The molecule has 7 nitrogen and oxygen atoms in total. The van der Waals surface area contributed by atoms with Gasteiger partial charge in [-0.05, 0) is 55.3 Å². The van der Waals surface area contributed by atoms with Crippen LogP contribution in [0.5, 0.6) is 5.75 Å². The van der Waals surface area contributed by atoms with E-state index in [4.69, 9.17) is 27.9 Å². The number of likely N-dealkylation sites (tertiary alicyclic amines) is 1. The molecule has 2 heterocycles. The number of hydrogen-bond donors (Lipinski definition) is 2. The molecule has 4 rings (SSSR count). The number of aryl methyl sites for hydroxylation is 1. The van der Waals surface area contributed by atoms with Crippen molar-refractivity contribution in [2.24, 2.45) is 0 Å². The van der Waals surface area contributed by atoms with E-state index >= 15 is 0 Å². The molecule has 0 radical (unpaired) electrons. The summed E-state index contributed by atoms with van der Waals surface area (Å²) in [6, 6.07) is 10.4. The maximum atomic E-state index is 13.0. The van der Waals surface area contributed by atoms with E-state index in [2.05, 4.69) is 15.2 Å². The van der Waals surface area contributed by atoms with Crippen LogP contribution in [0.4, 0.5) is 0 Å². The van der Waals surface area contributed by atoms with Crippen molar-refractivity contribution < 1.29 is 14.6 Å². The molecule has 1 aliphatic rings. The molecule has 1 amide bonds. The Labute approximate surface area is 202 Å². The smallest absolute Gasteiger partial charge is 0.251 e. The largest absolute Gasteiger partial charge is 0.495 e. The van der Waals surface area contributed by atoms with Gasteiger partial charge in [-0.3, -0.25) is 9.69 Å². The fourth-order valence-corrected chi connectivity index (χ4v) is 4.53. The van der Waals surface area contributed by atoms with Crippen molar-refractivity contribution in [3.05, 3.63) is 75.8 Å². The number of carbonyl (C=O) groups is 1. The number of methoxy groups -OCH3 is 1. The molecule has 3 aromatic rings. The summed E-state index contributed by atoms with van der Waals surface area (Å²) in [6.07, 6.45) is 3.52. The van der Waals surface area contributed by atoms with Crippen molar-refractivity contribution in [2.45, 2.75) is 32.0 Å². The Morgan fingerprint density at radius 2 is 2.06 bits per heavy atom. The van der Waals surface area contributed by atoms with Crippen LogP contribution in [-0.4, -0.2) is 57.8 Å². The maximum absolute atomic E-state index is 13.0. The molecule has 1 aromatic heterocycles. The highest BCUT2D eigenvalue weighted by Crippen LogP contribution is 2.26. The molecule has 0 saturated carbocycles. The molecule has 1 saturated heterocycles. The third-order valence-corrected chi connectivity index (χ3v) is 6.28. The highest BCUT2D eigenvalue weighted by Gasteiger charge is 2.28. The van der Waals surface area contributed by atoms with Gasteiger partial charge in [0.05, 0.1) is 30.9 Å². The number of hydrogen-bond acceptors (Lipinski definition) is 5. The molecule has 9 heteroatoms. The number of piperidine rings is 1. The predicted octanol–water partition coefficient (Wildman–Crippen LogP) is 3.86. The molecular weight excluding hydrogens is 463 g/mol. The van der Waals surface area contributed by atoms with Crippen molar-refractivity contribution >= 4 is 29.1 Å². The molecule has 174 valence electrons. The van der Waals surface area contributed by atoms with Crippen LogP contribution < -0.4 is 10.1 Å². The minimum atomic E-state index is -0.552. The number of benzene rings is 2. The summed E-state index contributed by atoms with van der Waals surface area (Å²) >= 11 is 12.4. The van der Waals surface area contributed by atoms with Crippen LogP contribution in [0.25, 0.3) is 5.69 Å². The number of halogens is 2. The zero-order valence-electron chi connectivity index (χ0n) is 18.5. The van der Waals surface area contributed by atoms with Gasteiger partial charge in [-0.1, -0.05) is 23.2 Å². The van der Waals surface area contributed by atoms with E-state index in [1.165, 1.54) is 0 Å². The van der Waals surface area contributed by atoms with Crippen molar-refractivity contribution in [2.75, 3.05) is 20.2 Å². The first-order valence-electron chi connectivity index (χ1n) is 10.7. The minimum absolute atomic E-state index is 0.207. The third-order valence-electron chi connectivity index (χ3n) is 5.67. The van der Waals surface area contributed by atoms with Crippen molar-refractivity contribution in [1.82, 2.24) is 19.8 Å². The molecule has 33 heavy (non-hydrogen) atoms. The number of ether oxygens (including phenoxy) is 1. The molecule has 0 bridgehead atoms. The highest BCUT2D eigenvalue weighted by atomic mass is 35.5. The molecule has 2 N–H and O–H groups in total. The lowest BCUT2D eigenvalue weighted by atomic mass is 10.0. The van der Waals surface area contributed by atoms with E-state index in [0.29, 0.717) is 47.4 Å². The van der Waals surface area contributed by atoms with Crippen LogP contribution in [0.15, 0.2) is 48.9 Å². The predicted molar refractivity (Wildman–Crippen MR) is 128 cm³/mol. The number of nitrogens with zero attached hydrogens (tertiary/aromatic N) is 3. The standard InChI is InChI=1S/C24H26Cl2N4O3/c1-15-10-30(14-27-15)22-6-3-16(8-23(22)33-2)24(32)28-19-9-20(31)13-29(12-19)11-17-7-18(25)4-5-21(17)26/h3-8,10,14,19-20,31H,9,11-13H2,1-2H3,(H,28,32). The second-order valence-corrected chi connectivity index (χ2v) is 9.14. The first-order chi connectivity index (χ1) is 15.8. The summed E-state index contributed by atoms with van der Waals surface area (Å²) in [4.78, 5) is 19.3. The van der Waals surface area contributed by atoms with E-state index in [1.54, 1.807) is 37.7 Å². The zero-order valence-corrected chi connectivity index (χ0v) is 20.0. The van der Waals surface area contributed by atoms with Crippen LogP contribution in [0.1, 0.15) is 28.0 Å². The Bertz CT molecular complexity index is 1150. The molecule has 2 aromatic carbocycles. The first-order valence-corrected chi connectivity index (χ1v) is 11.4. The van der Waals surface area contributed by atoms with Gasteiger partial charge in [-0.25, -0.2) is 4.98 Å². The summed E-state index contributed by atoms with van der Waals surface area (Å²) in [5.41, 5.74) is 3.06. The quantitative estimate of drug-likeness (QED) is 0.550. The summed E-state index contributed by atoms with van der Waals surface area (Å²) in [5, 5.41) is 14.7. The Kier molecular flexibility index (Phi) is 7.24. The Morgan fingerprint density at radius 1 is 1.24 bits per heavy atom. The minimum Gasteiger partial charge on any atom is -0.495 e. The van der Waals surface area contributed by atoms with Crippen LogP contribution >= 0.6 is 23.2 Å². The number of aromatic nitrogens is 2. The zero-order chi connectivity index (χ0) is 23.5. The van der Waals surface area contributed by atoms with Crippen LogP contribution in [0.3, 0.4) is 0 Å². The van der Waals surface area contributed by atoms with Gasteiger partial charge in [0.2, 0.25) is 0 Å². The molecule has 1 fully saturated rings. The van der Waals surface area contributed by atoms with E-state index in [-0.39, 0.29) is 11.9 Å². The van der Waals surface area contributed by atoms with Crippen molar-refractivity contribution in [1.29, 1.82) is 0 Å². The fourth-order valence-electron chi connectivity index (χ4n) is 4.15. The molecule has 2 unspecified atom stereocenters. The fraction of sp³-hybridized carbons (Fsp3) is 0.333. The normalized spacial score (nSPS) is 18.8. The van der Waals surface area contributed by atoms with Gasteiger partial charge in [0.15, 0.2) is 0 Å². The van der Waals surface area contributed by atoms with Gasteiger partial charge in [-0.2, -0.15) is 0 Å². The van der Waals surface area contributed by atoms with Gasteiger partial charge >= 0.3 is 0 Å². The third kappa shape index (κ3) is 5.68. The summed E-state index contributed by atoms with van der Waals surface area (Å²) < 4.78 is 7.36. The van der Waals surface area contributed by atoms with Crippen LogP contribution in [0, 0.1) is 6.92 Å². The van der Waals surface area contributed by atoms with Crippen LogP contribution in [-0.2, 0) is 6.54 Å². The lowest BCUT2D eigenvalue weighted by Gasteiger charge is -2.36. The van der Waals surface area contributed by atoms with Gasteiger partial charge in [0.1, 0.15) is 5.75 Å².